The Bertz CT molecular complexity index is 1190. The molecule has 2 aliphatic rings. The van der Waals surface area contributed by atoms with Crippen LogP contribution in [0.15, 0.2) is 42.5 Å². The van der Waals surface area contributed by atoms with Crippen molar-refractivity contribution in [2.24, 2.45) is 0 Å². The predicted octanol–water partition coefficient (Wildman–Crippen LogP) is 6.04. The van der Waals surface area contributed by atoms with E-state index in [0.29, 0.717) is 0 Å². The van der Waals surface area contributed by atoms with Crippen LogP contribution in [0, 0.1) is 13.8 Å². The number of ether oxygens (including phenoxy) is 2. The van der Waals surface area contributed by atoms with Crippen molar-refractivity contribution < 1.29 is 9.47 Å². The lowest BCUT2D eigenvalue weighted by Gasteiger charge is -2.39. The molecule has 3 aromatic rings. The Morgan fingerprint density at radius 3 is 2.32 bits per heavy atom. The molecule has 0 bridgehead atoms. The van der Waals surface area contributed by atoms with Crippen molar-refractivity contribution in [2.75, 3.05) is 0 Å². The Labute approximate surface area is 167 Å². The van der Waals surface area contributed by atoms with Gasteiger partial charge in [-0.05, 0) is 51.6 Å². The molecule has 2 aliphatic heterocycles. The minimum absolute atomic E-state index is 0.434. The van der Waals surface area contributed by atoms with Crippen LogP contribution in [0.2, 0.25) is 0 Å². The maximum atomic E-state index is 6.64. The molecule has 0 aliphatic carbocycles. The summed E-state index contributed by atoms with van der Waals surface area (Å²) in [5, 5.41) is 2.20. The van der Waals surface area contributed by atoms with Gasteiger partial charge in [-0.3, -0.25) is 0 Å². The van der Waals surface area contributed by atoms with Crippen molar-refractivity contribution >= 4 is 24.7 Å². The Kier molecular flexibility index (Phi) is 3.39. The van der Waals surface area contributed by atoms with Gasteiger partial charge in [0.25, 0.3) is 0 Å². The van der Waals surface area contributed by atoms with Crippen molar-refractivity contribution in [1.29, 1.82) is 0 Å². The fourth-order valence-corrected chi connectivity index (χ4v) is 4.39. The van der Waals surface area contributed by atoms with Gasteiger partial charge in [0.1, 0.15) is 24.9 Å². The van der Waals surface area contributed by atoms with Crippen LogP contribution in [-0.2, 0) is 5.60 Å². The molecule has 0 amide bonds. The van der Waals surface area contributed by atoms with Gasteiger partial charge in [-0.1, -0.05) is 53.6 Å². The lowest BCUT2D eigenvalue weighted by atomic mass is 9.78. The molecule has 1 atom stereocenters. The van der Waals surface area contributed by atoms with Crippen molar-refractivity contribution in [2.45, 2.75) is 45.7 Å². The van der Waals surface area contributed by atoms with Gasteiger partial charge >= 0.3 is 0 Å². The van der Waals surface area contributed by atoms with Crippen molar-refractivity contribution in [3.63, 3.8) is 0 Å². The van der Waals surface area contributed by atoms with Crippen LogP contribution in [0.3, 0.4) is 0 Å². The molecule has 0 saturated heterocycles. The first-order valence-corrected chi connectivity index (χ1v) is 9.74. The maximum Gasteiger partial charge on any atom is 0.140 e. The summed E-state index contributed by atoms with van der Waals surface area (Å²) in [6.07, 6.45) is 3.95. The second-order valence-corrected chi connectivity index (χ2v) is 8.78. The number of hydrogen-bond acceptors (Lipinski definition) is 2. The molecule has 2 radical (unpaired) electrons. The summed E-state index contributed by atoms with van der Waals surface area (Å²) in [6, 6.07) is 13.1. The summed E-state index contributed by atoms with van der Waals surface area (Å²) in [6.45, 7) is 10.4. The van der Waals surface area contributed by atoms with Gasteiger partial charge in [0.05, 0.1) is 11.1 Å². The number of benzene rings is 3. The topological polar surface area (TPSA) is 18.5 Å². The minimum atomic E-state index is -0.835. The van der Waals surface area contributed by atoms with Gasteiger partial charge in [0.15, 0.2) is 0 Å². The molecule has 0 saturated carbocycles. The van der Waals surface area contributed by atoms with Crippen LogP contribution >= 0.6 is 0 Å². The van der Waals surface area contributed by atoms with E-state index in [1.165, 1.54) is 22.3 Å². The summed E-state index contributed by atoms with van der Waals surface area (Å²) >= 11 is 0. The fourth-order valence-electron chi connectivity index (χ4n) is 4.39. The minimum Gasteiger partial charge on any atom is -0.492 e. The highest BCUT2D eigenvalue weighted by Gasteiger charge is 2.37. The molecular weight excluding hydrogens is 343 g/mol. The maximum absolute atomic E-state index is 6.64. The Balaban J connectivity index is 1.96. The van der Waals surface area contributed by atoms with Gasteiger partial charge in [-0.2, -0.15) is 0 Å². The van der Waals surface area contributed by atoms with Gasteiger partial charge in [-0.25, -0.2) is 0 Å². The zero-order valence-electron chi connectivity index (χ0n) is 17.0. The van der Waals surface area contributed by atoms with Gasteiger partial charge in [0.2, 0.25) is 0 Å². The number of aryl methyl sites for hydroxylation is 2. The smallest absolute Gasteiger partial charge is 0.140 e. The zero-order chi connectivity index (χ0) is 19.8. The molecule has 0 aromatic heterocycles. The first-order valence-electron chi connectivity index (χ1n) is 9.74. The quantitative estimate of drug-likeness (QED) is 0.452. The van der Waals surface area contributed by atoms with E-state index in [1.807, 2.05) is 19.1 Å². The average Bonchev–Trinajstić information content (AvgIpc) is 2.60. The zero-order valence-corrected chi connectivity index (χ0v) is 17.0. The van der Waals surface area contributed by atoms with E-state index in [9.17, 15) is 0 Å². The molecule has 28 heavy (non-hydrogen) atoms. The van der Waals surface area contributed by atoms with Crippen LogP contribution in [0.4, 0.5) is 0 Å². The van der Waals surface area contributed by atoms with Crippen LogP contribution in [0.25, 0.3) is 28.0 Å². The summed E-state index contributed by atoms with van der Waals surface area (Å²) in [5.74, 6) is 1.67. The first-order chi connectivity index (χ1) is 13.2. The monoisotopic (exact) mass is 366 g/mol. The van der Waals surface area contributed by atoms with Crippen molar-refractivity contribution in [3.05, 3.63) is 64.7 Å². The molecule has 0 N–H and O–H groups in total. The molecule has 1 unspecified atom stereocenters. The highest BCUT2D eigenvalue weighted by Crippen LogP contribution is 2.55. The van der Waals surface area contributed by atoms with E-state index >= 15 is 0 Å². The number of rotatable bonds is 0. The van der Waals surface area contributed by atoms with Gasteiger partial charge in [0, 0.05) is 16.5 Å². The van der Waals surface area contributed by atoms with Crippen LogP contribution < -0.4 is 9.47 Å². The highest BCUT2D eigenvalue weighted by molar-refractivity contribution is 6.17. The molecule has 0 fully saturated rings. The fraction of sp³-hybridized carbons (Fsp3) is 0.280. The second-order valence-electron chi connectivity index (χ2n) is 8.78. The highest BCUT2D eigenvalue weighted by atomic mass is 16.5. The summed E-state index contributed by atoms with van der Waals surface area (Å²) in [4.78, 5) is 0. The average molecular weight is 366 g/mol. The van der Waals surface area contributed by atoms with Crippen LogP contribution in [-0.4, -0.2) is 13.3 Å². The molecule has 2 heterocycles. The van der Waals surface area contributed by atoms with Gasteiger partial charge in [-0.15, -0.1) is 0 Å². The second kappa shape index (κ2) is 5.44. The summed E-state index contributed by atoms with van der Waals surface area (Å²) < 4.78 is 12.9. The molecule has 5 rings (SSSR count). The third kappa shape index (κ3) is 2.42. The van der Waals surface area contributed by atoms with E-state index in [2.05, 4.69) is 64.1 Å². The summed E-state index contributed by atoms with van der Waals surface area (Å²) in [7, 11) is 6.29. The molecule has 138 valence electrons. The van der Waals surface area contributed by atoms with E-state index in [0.717, 1.165) is 33.4 Å². The van der Waals surface area contributed by atoms with E-state index in [4.69, 9.17) is 17.3 Å². The lowest BCUT2D eigenvalue weighted by Crippen LogP contribution is -2.34. The van der Waals surface area contributed by atoms with Crippen molar-refractivity contribution in [1.82, 2.24) is 0 Å². The number of hydrogen-bond donors (Lipinski definition) is 0. The van der Waals surface area contributed by atoms with Crippen LogP contribution in [0.1, 0.15) is 43.0 Å². The van der Waals surface area contributed by atoms with E-state index < -0.39 is 11.1 Å². The van der Waals surface area contributed by atoms with E-state index in [-0.39, 0.29) is 0 Å². The first kappa shape index (κ1) is 17.4. The molecular formula is C25H23BO2. The van der Waals surface area contributed by atoms with Gasteiger partial charge < -0.3 is 9.47 Å². The predicted molar refractivity (Wildman–Crippen MR) is 116 cm³/mol. The van der Waals surface area contributed by atoms with Crippen molar-refractivity contribution in [3.8, 4) is 22.6 Å². The van der Waals surface area contributed by atoms with Crippen LogP contribution in [0.5, 0.6) is 11.5 Å². The Hall–Kier alpha value is -2.68. The van der Waals surface area contributed by atoms with E-state index in [1.54, 1.807) is 0 Å². The Morgan fingerprint density at radius 2 is 1.54 bits per heavy atom. The normalized spacial score (nSPS) is 21.3. The standard InChI is InChI=1S/C25H23BO2/c1-14-6-8-16-19(12-14)21-17-9-7-15(2)13-20(17)24(3,4)27-23(21)18-10-11-25(5,26)28-22(16)18/h6-13H,1-5H3. The third-order valence-corrected chi connectivity index (χ3v) is 5.76. The molecule has 2 nitrogen and oxygen atoms in total. The Morgan fingerprint density at radius 1 is 0.821 bits per heavy atom. The SMILES string of the molecule is [B]C1(C)C=Cc2c3c(c4cc(C)ccc4c2O1)-c1ccc(C)cc1C(C)(C)O3. The summed E-state index contributed by atoms with van der Waals surface area (Å²) in [5.41, 5.74) is 5.72. The molecule has 3 aromatic carbocycles. The largest absolute Gasteiger partial charge is 0.492 e. The molecule has 3 heteroatoms. The lowest BCUT2D eigenvalue weighted by molar-refractivity contribution is 0.104. The number of fused-ring (bicyclic) bond motifs is 8. The molecule has 0 spiro atoms. The third-order valence-electron chi connectivity index (χ3n) is 5.76.